The molecule has 1 fully saturated rings. The number of morpholine rings is 1. The second kappa shape index (κ2) is 10.3. The van der Waals surface area contributed by atoms with E-state index in [2.05, 4.69) is 10.2 Å². The highest BCUT2D eigenvalue weighted by Gasteiger charge is 2.23. The van der Waals surface area contributed by atoms with E-state index in [0.29, 0.717) is 36.3 Å². The summed E-state index contributed by atoms with van der Waals surface area (Å²) in [5, 5.41) is 3.67. The number of carbonyl (C=O) groups excluding carboxylic acids is 1. The van der Waals surface area contributed by atoms with E-state index in [1.807, 2.05) is 36.4 Å². The van der Waals surface area contributed by atoms with Gasteiger partial charge in [0.1, 0.15) is 0 Å². The SMILES string of the molecule is COc1ccccc1OCC(=O)NC[C@H](c1ccc(Cl)cc1)N1CCOCC1. The number of hydrogen-bond acceptors (Lipinski definition) is 5. The summed E-state index contributed by atoms with van der Waals surface area (Å²) in [7, 11) is 1.57. The van der Waals surface area contributed by atoms with Crippen LogP contribution in [-0.2, 0) is 9.53 Å². The minimum Gasteiger partial charge on any atom is -0.493 e. The van der Waals surface area contributed by atoms with E-state index < -0.39 is 0 Å². The molecule has 1 amide bonds. The van der Waals surface area contributed by atoms with Crippen LogP contribution in [0, 0.1) is 0 Å². The number of amides is 1. The molecular weight excluding hydrogens is 380 g/mol. The number of ether oxygens (including phenoxy) is 3. The molecule has 150 valence electrons. The molecule has 2 aromatic carbocycles. The lowest BCUT2D eigenvalue weighted by Gasteiger charge is -2.35. The van der Waals surface area contributed by atoms with Gasteiger partial charge >= 0.3 is 0 Å². The van der Waals surface area contributed by atoms with Crippen molar-refractivity contribution in [2.75, 3.05) is 46.6 Å². The number of methoxy groups -OCH3 is 1. The molecule has 1 aliphatic heterocycles. The molecule has 3 rings (SSSR count). The number of carbonyl (C=O) groups is 1. The number of hydrogen-bond donors (Lipinski definition) is 1. The summed E-state index contributed by atoms with van der Waals surface area (Å²) in [6, 6.07) is 15.1. The highest BCUT2D eigenvalue weighted by atomic mass is 35.5. The van der Waals surface area contributed by atoms with Crippen molar-refractivity contribution in [2.24, 2.45) is 0 Å². The number of benzene rings is 2. The average Bonchev–Trinajstić information content (AvgIpc) is 2.74. The molecule has 0 aliphatic carbocycles. The van der Waals surface area contributed by atoms with Crippen molar-refractivity contribution in [1.29, 1.82) is 0 Å². The Balaban J connectivity index is 1.59. The van der Waals surface area contributed by atoms with Gasteiger partial charge in [0.15, 0.2) is 18.1 Å². The fourth-order valence-corrected chi connectivity index (χ4v) is 3.30. The number of nitrogens with one attached hydrogen (secondary N) is 1. The fourth-order valence-electron chi connectivity index (χ4n) is 3.17. The van der Waals surface area contributed by atoms with Gasteiger partial charge in [-0.1, -0.05) is 35.9 Å². The molecule has 0 aromatic heterocycles. The van der Waals surface area contributed by atoms with Gasteiger partial charge in [-0.15, -0.1) is 0 Å². The molecule has 0 saturated carbocycles. The van der Waals surface area contributed by atoms with Crippen LogP contribution in [-0.4, -0.2) is 57.4 Å². The van der Waals surface area contributed by atoms with Gasteiger partial charge in [-0.3, -0.25) is 9.69 Å². The molecule has 7 heteroatoms. The average molecular weight is 405 g/mol. The van der Waals surface area contributed by atoms with Crippen LogP contribution in [0.3, 0.4) is 0 Å². The Kier molecular flexibility index (Phi) is 7.54. The molecule has 0 radical (unpaired) electrons. The van der Waals surface area contributed by atoms with E-state index in [9.17, 15) is 4.79 Å². The quantitative estimate of drug-likeness (QED) is 0.733. The Labute approximate surface area is 170 Å². The molecule has 1 saturated heterocycles. The van der Waals surface area contributed by atoms with Gasteiger partial charge < -0.3 is 19.5 Å². The Morgan fingerprint density at radius 2 is 1.82 bits per heavy atom. The predicted molar refractivity (Wildman–Crippen MR) is 108 cm³/mol. The zero-order valence-corrected chi connectivity index (χ0v) is 16.7. The van der Waals surface area contributed by atoms with Crippen molar-refractivity contribution in [2.45, 2.75) is 6.04 Å². The standard InChI is InChI=1S/C21H25ClN2O4/c1-26-19-4-2-3-5-20(19)28-15-21(25)23-14-18(24-10-12-27-13-11-24)16-6-8-17(22)9-7-16/h2-9,18H,10-15H2,1H3,(H,23,25)/t18-/m1/s1. The molecule has 1 N–H and O–H groups in total. The normalized spacial score (nSPS) is 15.6. The van der Waals surface area contributed by atoms with E-state index >= 15 is 0 Å². The van der Waals surface area contributed by atoms with Gasteiger partial charge in [0.05, 0.1) is 26.4 Å². The van der Waals surface area contributed by atoms with Crippen LogP contribution in [0.2, 0.25) is 5.02 Å². The third kappa shape index (κ3) is 5.61. The van der Waals surface area contributed by atoms with Gasteiger partial charge in [0, 0.05) is 24.7 Å². The van der Waals surface area contributed by atoms with E-state index in [1.54, 1.807) is 19.2 Å². The van der Waals surface area contributed by atoms with E-state index in [1.165, 1.54) is 0 Å². The van der Waals surface area contributed by atoms with Gasteiger partial charge in [-0.2, -0.15) is 0 Å². The monoisotopic (exact) mass is 404 g/mol. The molecule has 0 spiro atoms. The molecule has 6 nitrogen and oxygen atoms in total. The first kappa shape index (κ1) is 20.5. The Bertz CT molecular complexity index is 763. The molecule has 1 atom stereocenters. The van der Waals surface area contributed by atoms with Crippen LogP contribution in [0.1, 0.15) is 11.6 Å². The first-order valence-corrected chi connectivity index (χ1v) is 9.65. The molecule has 0 unspecified atom stereocenters. The number of para-hydroxylation sites is 2. The Hall–Kier alpha value is -2.28. The first-order chi connectivity index (χ1) is 13.7. The van der Waals surface area contributed by atoms with Crippen molar-refractivity contribution in [3.8, 4) is 11.5 Å². The van der Waals surface area contributed by atoms with Gasteiger partial charge in [0.25, 0.3) is 5.91 Å². The van der Waals surface area contributed by atoms with Crippen LogP contribution in [0.25, 0.3) is 0 Å². The van der Waals surface area contributed by atoms with Crippen molar-refractivity contribution >= 4 is 17.5 Å². The van der Waals surface area contributed by atoms with Crippen LogP contribution >= 0.6 is 11.6 Å². The third-order valence-electron chi connectivity index (χ3n) is 4.66. The smallest absolute Gasteiger partial charge is 0.258 e. The third-order valence-corrected chi connectivity index (χ3v) is 4.91. The topological polar surface area (TPSA) is 60.0 Å². The second-order valence-corrected chi connectivity index (χ2v) is 6.90. The minimum absolute atomic E-state index is 0.0522. The number of halogens is 1. The summed E-state index contributed by atoms with van der Waals surface area (Å²) >= 11 is 6.02. The maximum absolute atomic E-state index is 12.3. The largest absolute Gasteiger partial charge is 0.493 e. The summed E-state index contributed by atoms with van der Waals surface area (Å²) in [4.78, 5) is 14.7. The number of rotatable bonds is 8. The Morgan fingerprint density at radius 3 is 2.50 bits per heavy atom. The Morgan fingerprint density at radius 1 is 1.14 bits per heavy atom. The van der Waals surface area contributed by atoms with Crippen LogP contribution in [0.15, 0.2) is 48.5 Å². The number of nitrogens with zero attached hydrogens (tertiary/aromatic N) is 1. The maximum atomic E-state index is 12.3. The van der Waals surface area contributed by atoms with Crippen molar-refractivity contribution in [3.63, 3.8) is 0 Å². The van der Waals surface area contributed by atoms with Gasteiger partial charge in [0.2, 0.25) is 0 Å². The molecule has 1 aliphatic rings. The molecule has 2 aromatic rings. The van der Waals surface area contributed by atoms with E-state index in [0.717, 1.165) is 18.7 Å². The van der Waals surface area contributed by atoms with Crippen LogP contribution in [0.5, 0.6) is 11.5 Å². The zero-order chi connectivity index (χ0) is 19.8. The minimum atomic E-state index is -0.182. The van der Waals surface area contributed by atoms with Crippen molar-refractivity contribution < 1.29 is 19.0 Å². The lowest BCUT2D eigenvalue weighted by atomic mass is 10.0. The molecule has 28 heavy (non-hydrogen) atoms. The highest BCUT2D eigenvalue weighted by molar-refractivity contribution is 6.30. The van der Waals surface area contributed by atoms with Crippen LogP contribution in [0.4, 0.5) is 0 Å². The summed E-state index contributed by atoms with van der Waals surface area (Å²) < 4.78 is 16.3. The highest BCUT2D eigenvalue weighted by Crippen LogP contribution is 2.26. The van der Waals surface area contributed by atoms with Crippen molar-refractivity contribution in [1.82, 2.24) is 10.2 Å². The fraction of sp³-hybridized carbons (Fsp3) is 0.381. The van der Waals surface area contributed by atoms with Crippen molar-refractivity contribution in [3.05, 3.63) is 59.1 Å². The van der Waals surface area contributed by atoms with Crippen LogP contribution < -0.4 is 14.8 Å². The van der Waals surface area contributed by atoms with E-state index in [-0.39, 0.29) is 18.6 Å². The summed E-state index contributed by atoms with van der Waals surface area (Å²) in [6.07, 6.45) is 0. The lowest BCUT2D eigenvalue weighted by molar-refractivity contribution is -0.123. The zero-order valence-electron chi connectivity index (χ0n) is 15.9. The second-order valence-electron chi connectivity index (χ2n) is 6.46. The summed E-state index contributed by atoms with van der Waals surface area (Å²) in [5.41, 5.74) is 1.11. The molecule has 1 heterocycles. The lowest BCUT2D eigenvalue weighted by Crippen LogP contribution is -2.44. The summed E-state index contributed by atoms with van der Waals surface area (Å²) in [6.45, 7) is 3.43. The summed E-state index contributed by atoms with van der Waals surface area (Å²) in [5.74, 6) is 0.961. The predicted octanol–water partition coefficient (Wildman–Crippen LogP) is 2.92. The van der Waals surface area contributed by atoms with Gasteiger partial charge in [-0.25, -0.2) is 0 Å². The van der Waals surface area contributed by atoms with Gasteiger partial charge in [-0.05, 0) is 29.8 Å². The molecule has 0 bridgehead atoms. The van der Waals surface area contributed by atoms with E-state index in [4.69, 9.17) is 25.8 Å². The first-order valence-electron chi connectivity index (χ1n) is 9.27. The maximum Gasteiger partial charge on any atom is 0.258 e. The molecular formula is C21H25ClN2O4.